The summed E-state index contributed by atoms with van der Waals surface area (Å²) in [5, 5.41) is 0. The van der Waals surface area contributed by atoms with Crippen molar-refractivity contribution in [2.75, 3.05) is 0 Å². The van der Waals surface area contributed by atoms with Crippen molar-refractivity contribution in [3.63, 3.8) is 0 Å². The van der Waals surface area contributed by atoms with Gasteiger partial charge in [0.25, 0.3) is 0 Å². The topological polar surface area (TPSA) is 0 Å². The molecule has 0 heterocycles. The van der Waals surface area contributed by atoms with E-state index in [1.807, 2.05) is 0 Å². The van der Waals surface area contributed by atoms with Crippen molar-refractivity contribution in [3.05, 3.63) is 0 Å². The zero-order valence-corrected chi connectivity index (χ0v) is 7.16. The Labute approximate surface area is 98.2 Å². The maximum atomic E-state index is 0. The van der Waals surface area contributed by atoms with Gasteiger partial charge in [-0.05, 0) is 0 Å². The standard InChI is InChI=1S/Mg.Mn.H2S.Yb/h;;1H2;. The first-order chi connectivity index (χ1) is 0. The van der Waals surface area contributed by atoms with Crippen LogP contribution in [-0.2, 0) is 17.1 Å². The van der Waals surface area contributed by atoms with Crippen LogP contribution in [0.1, 0.15) is 0 Å². The van der Waals surface area contributed by atoms with Gasteiger partial charge in [0.15, 0.2) is 0 Å². The molecule has 4 heteroatoms. The van der Waals surface area contributed by atoms with Gasteiger partial charge in [0.2, 0.25) is 0 Å². The third kappa shape index (κ3) is 8.94. The molecule has 0 nitrogen and oxygen atoms in total. The maximum absolute atomic E-state index is 0. The van der Waals surface area contributed by atoms with E-state index in [0.29, 0.717) is 0 Å². The molecule has 0 N–H and O–H groups in total. The smallest absolute Gasteiger partial charge is 0 e. The normalized spacial score (nSPS) is 0. The molecule has 0 unspecified atom stereocenters. The van der Waals surface area contributed by atoms with Gasteiger partial charge in [-0.3, -0.25) is 0 Å². The second-order valence-electron chi connectivity index (χ2n) is 0. The van der Waals surface area contributed by atoms with E-state index >= 15 is 0 Å². The van der Waals surface area contributed by atoms with E-state index in [4.69, 9.17) is 0 Å². The summed E-state index contributed by atoms with van der Waals surface area (Å²) in [6, 6.07) is 0. The van der Waals surface area contributed by atoms with Gasteiger partial charge < -0.3 is 0 Å². The molecule has 0 fully saturated rings. The van der Waals surface area contributed by atoms with Crippen LogP contribution in [0.4, 0.5) is 0 Å². The Morgan fingerprint density at radius 2 is 1.00 bits per heavy atom. The largest absolute Gasteiger partial charge is 0.197 e. The van der Waals surface area contributed by atoms with Gasteiger partial charge in [0, 0.05) is 87.0 Å². The van der Waals surface area contributed by atoms with Gasteiger partial charge >= 0.3 is 0 Å². The molecular weight excluding hydrogens is 284 g/mol. The summed E-state index contributed by atoms with van der Waals surface area (Å²) in [6.07, 6.45) is 0. The average molecular weight is 286 g/mol. The van der Waals surface area contributed by atoms with Crippen molar-refractivity contribution in [1.29, 1.82) is 0 Å². The molecule has 0 aromatic carbocycles. The van der Waals surface area contributed by atoms with E-state index in [9.17, 15) is 0 Å². The van der Waals surface area contributed by atoms with Gasteiger partial charge in [-0.15, -0.1) is 0 Å². The SMILES string of the molecule is S.[Mg].[Mn].[Yb]. The Morgan fingerprint density at radius 1 is 1.00 bits per heavy atom. The van der Waals surface area contributed by atoms with Crippen LogP contribution >= 0.6 is 13.5 Å². The third-order valence-corrected chi connectivity index (χ3v) is 0. The van der Waals surface area contributed by atoms with E-state index in [1.54, 1.807) is 0 Å². The zero-order valence-electron chi connectivity index (χ0n) is 1.85. The molecule has 0 bridgehead atoms. The Morgan fingerprint density at radius 3 is 1.00 bits per heavy atom. The fraction of sp³-hybridized carbons (Fsp3) is 0. The van der Waals surface area contributed by atoms with Crippen molar-refractivity contribution in [3.8, 4) is 0 Å². The van der Waals surface area contributed by atoms with Crippen molar-refractivity contribution >= 4 is 36.5 Å². The number of hydrogen-bond acceptors (Lipinski definition) is 0. The predicted octanol–water partition coefficient (Wildman–Crippen LogP) is -0.271. The van der Waals surface area contributed by atoms with E-state index < -0.39 is 0 Å². The quantitative estimate of drug-likeness (QED) is 0.538. The van der Waals surface area contributed by atoms with E-state index in [-0.39, 0.29) is 101 Å². The summed E-state index contributed by atoms with van der Waals surface area (Å²) in [7, 11) is 0. The van der Waals surface area contributed by atoms with E-state index in [2.05, 4.69) is 0 Å². The van der Waals surface area contributed by atoms with Gasteiger partial charge in [0.05, 0.1) is 0 Å². The van der Waals surface area contributed by atoms with Crippen LogP contribution < -0.4 is 0 Å². The van der Waals surface area contributed by atoms with Crippen LogP contribution in [0.2, 0.25) is 0 Å². The van der Waals surface area contributed by atoms with Gasteiger partial charge in [0.1, 0.15) is 0 Å². The monoisotopic (exact) mass is 287 g/mol. The van der Waals surface area contributed by atoms with Crippen LogP contribution in [0.25, 0.3) is 0 Å². The van der Waals surface area contributed by atoms with Crippen molar-refractivity contribution in [2.24, 2.45) is 0 Å². The van der Waals surface area contributed by atoms with Crippen LogP contribution in [0.3, 0.4) is 0 Å². The third-order valence-electron chi connectivity index (χ3n) is 0. The first-order valence-electron chi connectivity index (χ1n) is 0. The van der Waals surface area contributed by atoms with Crippen LogP contribution in [0.5, 0.6) is 0 Å². The molecule has 3 radical (unpaired) electrons. The van der Waals surface area contributed by atoms with E-state index in [0.717, 1.165) is 0 Å². The molecule has 4 heavy (non-hydrogen) atoms. The molecule has 0 aliphatic carbocycles. The molecule has 0 saturated heterocycles. The second kappa shape index (κ2) is 16.4. The Balaban J connectivity index is 0. The van der Waals surface area contributed by atoms with Crippen LogP contribution in [0, 0.1) is 46.9 Å². The fourth-order valence-corrected chi connectivity index (χ4v) is 0. The molecular formula is H2MgMnSYb. The summed E-state index contributed by atoms with van der Waals surface area (Å²) < 4.78 is 0. The molecule has 0 aromatic rings. The van der Waals surface area contributed by atoms with Crippen molar-refractivity contribution in [2.45, 2.75) is 0 Å². The summed E-state index contributed by atoms with van der Waals surface area (Å²) in [5.41, 5.74) is 0. The Kier molecular flexibility index (Phi) is 112. The molecule has 0 aliphatic heterocycles. The molecule has 0 amide bonds. The average Bonchev–Trinajstić information content (AvgIpc) is 0. The predicted molar refractivity (Wildman–Crippen MR) is 16.1 cm³/mol. The summed E-state index contributed by atoms with van der Waals surface area (Å²) >= 11 is 0. The molecule has 0 rings (SSSR count). The first-order valence-corrected chi connectivity index (χ1v) is 0. The molecule has 0 atom stereocenters. The van der Waals surface area contributed by atoms with Crippen molar-refractivity contribution < 1.29 is 64.0 Å². The molecule has 31 valence electrons. The molecule has 0 aromatic heterocycles. The first kappa shape index (κ1) is 27.2. The van der Waals surface area contributed by atoms with Gasteiger partial charge in [-0.1, -0.05) is 0 Å². The van der Waals surface area contributed by atoms with Gasteiger partial charge in [-0.25, -0.2) is 0 Å². The van der Waals surface area contributed by atoms with Crippen LogP contribution in [-0.4, -0.2) is 23.1 Å². The van der Waals surface area contributed by atoms with E-state index in [1.165, 1.54) is 0 Å². The van der Waals surface area contributed by atoms with Crippen LogP contribution in [0.15, 0.2) is 0 Å². The fourth-order valence-electron chi connectivity index (χ4n) is 0. The second-order valence-corrected chi connectivity index (χ2v) is 0. The number of rotatable bonds is 0. The summed E-state index contributed by atoms with van der Waals surface area (Å²) in [6.45, 7) is 0. The maximum Gasteiger partial charge on any atom is 0 e. The minimum absolute atomic E-state index is 0. The molecule has 0 spiro atoms. The Bertz CT molecular complexity index is 8.00. The minimum Gasteiger partial charge on any atom is -0.197 e. The summed E-state index contributed by atoms with van der Waals surface area (Å²) in [4.78, 5) is 0. The van der Waals surface area contributed by atoms with Crippen molar-refractivity contribution in [1.82, 2.24) is 0 Å². The zero-order chi connectivity index (χ0) is 0. The van der Waals surface area contributed by atoms with Gasteiger partial charge in [-0.2, -0.15) is 13.5 Å². The number of hydrogen-bond donors (Lipinski definition) is 0. The Hall–Kier alpha value is 3.16. The minimum atomic E-state index is 0. The molecule has 0 saturated carbocycles. The molecule has 0 aliphatic rings. The summed E-state index contributed by atoms with van der Waals surface area (Å²) in [5.74, 6) is 0.